The van der Waals surface area contributed by atoms with E-state index in [4.69, 9.17) is 5.73 Å². The van der Waals surface area contributed by atoms with Gasteiger partial charge in [0.2, 0.25) is 0 Å². The van der Waals surface area contributed by atoms with Gasteiger partial charge in [0.15, 0.2) is 0 Å². The highest BCUT2D eigenvalue weighted by atomic mass is 32.2. The van der Waals surface area contributed by atoms with Crippen molar-refractivity contribution in [1.29, 1.82) is 0 Å². The first-order valence-corrected chi connectivity index (χ1v) is 6.13. The third-order valence-electron chi connectivity index (χ3n) is 2.71. The molecule has 1 heterocycles. The van der Waals surface area contributed by atoms with Crippen LogP contribution in [0.15, 0.2) is 0 Å². The molecule has 2 nitrogen and oxygen atoms in total. The molecule has 0 aromatic heterocycles. The van der Waals surface area contributed by atoms with Crippen LogP contribution >= 0.6 is 11.8 Å². The number of halogens is 3. The molecule has 0 saturated carbocycles. The molecule has 0 bridgehead atoms. The molecule has 2 N–H and O–H groups in total. The second-order valence-electron chi connectivity index (χ2n) is 3.81. The first-order chi connectivity index (χ1) is 7.01. The Labute approximate surface area is 92.4 Å². The van der Waals surface area contributed by atoms with Gasteiger partial charge in [-0.05, 0) is 50.2 Å². The van der Waals surface area contributed by atoms with Crippen LogP contribution in [0, 0.1) is 5.92 Å². The van der Waals surface area contributed by atoms with Gasteiger partial charge in [-0.2, -0.15) is 13.2 Å². The van der Waals surface area contributed by atoms with Gasteiger partial charge in [0.25, 0.3) is 0 Å². The predicted octanol–water partition coefficient (Wildman–Crippen LogP) is 1.91. The number of hydrogen-bond acceptors (Lipinski definition) is 3. The molecule has 0 aromatic rings. The van der Waals surface area contributed by atoms with Crippen LogP contribution in [0.25, 0.3) is 0 Å². The maximum absolute atomic E-state index is 11.9. The molecular formula is C9H17F3N2S. The van der Waals surface area contributed by atoms with Crippen molar-refractivity contribution in [2.75, 3.05) is 31.9 Å². The Hall–Kier alpha value is 0.0600. The number of piperidine rings is 1. The van der Waals surface area contributed by atoms with Crippen molar-refractivity contribution in [3.8, 4) is 0 Å². The summed E-state index contributed by atoms with van der Waals surface area (Å²) < 4.78 is 35.6. The van der Waals surface area contributed by atoms with Crippen LogP contribution in [0.3, 0.4) is 0 Å². The Balaban J connectivity index is 2.09. The van der Waals surface area contributed by atoms with Gasteiger partial charge < -0.3 is 10.6 Å². The Morgan fingerprint density at radius 2 is 1.87 bits per heavy atom. The molecule has 0 radical (unpaired) electrons. The van der Waals surface area contributed by atoms with Gasteiger partial charge in [0.05, 0.1) is 0 Å². The molecule has 0 aliphatic carbocycles. The zero-order chi connectivity index (χ0) is 11.3. The minimum absolute atomic E-state index is 0.0674. The molecule has 0 amide bonds. The van der Waals surface area contributed by atoms with E-state index >= 15 is 0 Å². The van der Waals surface area contributed by atoms with Crippen molar-refractivity contribution in [1.82, 2.24) is 4.90 Å². The van der Waals surface area contributed by atoms with Crippen LogP contribution in [0.1, 0.15) is 12.8 Å². The van der Waals surface area contributed by atoms with Crippen molar-refractivity contribution in [2.24, 2.45) is 11.7 Å². The van der Waals surface area contributed by atoms with Gasteiger partial charge in [-0.1, -0.05) is 0 Å². The Kier molecular flexibility index (Phi) is 5.22. The number of hydrogen-bond donors (Lipinski definition) is 1. The summed E-state index contributed by atoms with van der Waals surface area (Å²) in [6.07, 6.45) is 2.04. The molecule has 6 heteroatoms. The predicted molar refractivity (Wildman–Crippen MR) is 56.7 cm³/mol. The molecule has 0 atom stereocenters. The highest BCUT2D eigenvalue weighted by Crippen LogP contribution is 2.30. The molecule has 0 spiro atoms. The average molecular weight is 242 g/mol. The third-order valence-corrected chi connectivity index (χ3v) is 3.43. The summed E-state index contributed by atoms with van der Waals surface area (Å²) in [5.74, 6) is 0.702. The lowest BCUT2D eigenvalue weighted by Crippen LogP contribution is -2.37. The third kappa shape index (κ3) is 5.63. The standard InChI is InChI=1S/C9H17F3N2S/c10-9(11,12)15-6-5-14-3-1-8(7-13)2-4-14/h8H,1-7,13H2. The highest BCUT2D eigenvalue weighted by Gasteiger charge is 2.28. The van der Waals surface area contributed by atoms with Crippen molar-refractivity contribution < 1.29 is 13.2 Å². The largest absolute Gasteiger partial charge is 0.441 e. The summed E-state index contributed by atoms with van der Waals surface area (Å²) in [7, 11) is 0. The van der Waals surface area contributed by atoms with E-state index in [-0.39, 0.29) is 17.5 Å². The lowest BCUT2D eigenvalue weighted by molar-refractivity contribution is -0.0329. The number of nitrogens with zero attached hydrogens (tertiary/aromatic N) is 1. The molecular weight excluding hydrogens is 225 g/mol. The molecule has 1 aliphatic heterocycles. The number of thioether (sulfide) groups is 1. The highest BCUT2D eigenvalue weighted by molar-refractivity contribution is 8.00. The van der Waals surface area contributed by atoms with E-state index in [1.807, 2.05) is 0 Å². The van der Waals surface area contributed by atoms with Crippen LogP contribution in [-0.4, -0.2) is 42.3 Å². The first kappa shape index (κ1) is 13.1. The molecule has 0 unspecified atom stereocenters. The van der Waals surface area contributed by atoms with E-state index in [0.29, 0.717) is 19.0 Å². The number of likely N-dealkylation sites (tertiary alicyclic amines) is 1. The average Bonchev–Trinajstić information content (AvgIpc) is 2.17. The summed E-state index contributed by atoms with van der Waals surface area (Å²) in [4.78, 5) is 2.09. The number of rotatable bonds is 4. The fourth-order valence-corrected chi connectivity index (χ4v) is 2.32. The molecule has 0 aromatic carbocycles. The van der Waals surface area contributed by atoms with Gasteiger partial charge in [-0.3, -0.25) is 0 Å². The van der Waals surface area contributed by atoms with Gasteiger partial charge in [-0.15, -0.1) is 0 Å². The molecule has 1 saturated heterocycles. The fraction of sp³-hybridized carbons (Fsp3) is 1.00. The van der Waals surface area contributed by atoms with Crippen molar-refractivity contribution in [2.45, 2.75) is 18.3 Å². The van der Waals surface area contributed by atoms with E-state index in [0.717, 1.165) is 25.9 Å². The maximum atomic E-state index is 11.9. The molecule has 15 heavy (non-hydrogen) atoms. The van der Waals surface area contributed by atoms with Crippen molar-refractivity contribution in [3.63, 3.8) is 0 Å². The second-order valence-corrected chi connectivity index (χ2v) is 4.97. The van der Waals surface area contributed by atoms with Crippen molar-refractivity contribution in [3.05, 3.63) is 0 Å². The normalized spacial score (nSPS) is 20.8. The lowest BCUT2D eigenvalue weighted by atomic mass is 9.97. The maximum Gasteiger partial charge on any atom is 0.441 e. The summed E-state index contributed by atoms with van der Waals surface area (Å²) in [5, 5.41) is 0. The summed E-state index contributed by atoms with van der Waals surface area (Å²) in [6.45, 7) is 3.01. The van der Waals surface area contributed by atoms with Gasteiger partial charge in [0, 0.05) is 12.3 Å². The lowest BCUT2D eigenvalue weighted by Gasteiger charge is -2.31. The Bertz CT molecular complexity index is 179. The molecule has 1 fully saturated rings. The zero-order valence-corrected chi connectivity index (χ0v) is 9.41. The number of nitrogens with two attached hydrogens (primary N) is 1. The van der Waals surface area contributed by atoms with Gasteiger partial charge in [0.1, 0.15) is 0 Å². The topological polar surface area (TPSA) is 29.3 Å². The Morgan fingerprint density at radius 1 is 1.27 bits per heavy atom. The van der Waals surface area contributed by atoms with E-state index in [9.17, 15) is 13.2 Å². The quantitative estimate of drug-likeness (QED) is 0.816. The first-order valence-electron chi connectivity index (χ1n) is 5.14. The fourth-order valence-electron chi connectivity index (χ4n) is 1.74. The van der Waals surface area contributed by atoms with Crippen LogP contribution in [0.2, 0.25) is 0 Å². The van der Waals surface area contributed by atoms with Crippen LogP contribution in [0.5, 0.6) is 0 Å². The summed E-state index contributed by atoms with van der Waals surface area (Å²) in [5.41, 5.74) is 1.45. The second kappa shape index (κ2) is 5.96. The van der Waals surface area contributed by atoms with E-state index in [2.05, 4.69) is 4.90 Å². The van der Waals surface area contributed by atoms with Crippen LogP contribution in [0.4, 0.5) is 13.2 Å². The SMILES string of the molecule is NCC1CCN(CCSC(F)(F)F)CC1. The monoisotopic (exact) mass is 242 g/mol. The molecule has 1 aliphatic rings. The van der Waals surface area contributed by atoms with Gasteiger partial charge >= 0.3 is 5.51 Å². The number of alkyl halides is 3. The summed E-state index contributed by atoms with van der Waals surface area (Å²) >= 11 is 0.0674. The van der Waals surface area contributed by atoms with E-state index < -0.39 is 5.51 Å². The Morgan fingerprint density at radius 3 is 2.33 bits per heavy atom. The molecule has 90 valence electrons. The van der Waals surface area contributed by atoms with Crippen molar-refractivity contribution >= 4 is 11.8 Å². The van der Waals surface area contributed by atoms with Crippen LogP contribution in [-0.2, 0) is 0 Å². The summed E-state index contributed by atoms with van der Waals surface area (Å²) in [6, 6.07) is 0. The minimum atomic E-state index is -4.09. The minimum Gasteiger partial charge on any atom is -0.330 e. The molecule has 1 rings (SSSR count). The zero-order valence-electron chi connectivity index (χ0n) is 8.59. The van der Waals surface area contributed by atoms with E-state index in [1.165, 1.54) is 0 Å². The van der Waals surface area contributed by atoms with E-state index in [1.54, 1.807) is 0 Å². The smallest absolute Gasteiger partial charge is 0.330 e. The van der Waals surface area contributed by atoms with Gasteiger partial charge in [-0.25, -0.2) is 0 Å². The van der Waals surface area contributed by atoms with Crippen LogP contribution < -0.4 is 5.73 Å².